The molecule has 0 bridgehead atoms. The minimum absolute atomic E-state index is 0.0328. The third-order valence-electron chi connectivity index (χ3n) is 2.90. The third-order valence-corrected chi connectivity index (χ3v) is 2.90. The second kappa shape index (κ2) is 5.85. The first-order valence-corrected chi connectivity index (χ1v) is 5.57. The molecule has 0 spiro atoms. The van der Waals surface area contributed by atoms with Gasteiger partial charge in [-0.3, -0.25) is 14.5 Å². The zero-order valence-corrected chi connectivity index (χ0v) is 9.58. The number of carbonyl (C=O) groups is 2. The van der Waals surface area contributed by atoms with Crippen LogP contribution in [0.15, 0.2) is 0 Å². The van der Waals surface area contributed by atoms with E-state index in [0.717, 1.165) is 19.4 Å². The topological polar surface area (TPSA) is 49.4 Å². The predicted molar refractivity (Wildman–Crippen MR) is 58.6 cm³/mol. The van der Waals surface area contributed by atoms with E-state index in [1.165, 1.54) is 6.42 Å². The first-order valence-electron chi connectivity index (χ1n) is 5.57. The lowest BCUT2D eigenvalue weighted by Gasteiger charge is -2.34. The monoisotopic (exact) mass is 212 g/mol. The minimum Gasteiger partial charge on any atom is -0.358 e. The van der Waals surface area contributed by atoms with E-state index in [9.17, 15) is 9.59 Å². The van der Waals surface area contributed by atoms with Crippen LogP contribution in [-0.2, 0) is 9.59 Å². The van der Waals surface area contributed by atoms with Crippen LogP contribution in [0.5, 0.6) is 0 Å². The van der Waals surface area contributed by atoms with Gasteiger partial charge in [0, 0.05) is 19.5 Å². The number of nitrogens with zero attached hydrogens (tertiary/aromatic N) is 1. The Kier molecular flexibility index (Phi) is 4.75. The highest BCUT2D eigenvalue weighted by Gasteiger charge is 2.24. The number of amides is 1. The Morgan fingerprint density at radius 3 is 2.73 bits per heavy atom. The highest BCUT2D eigenvalue weighted by atomic mass is 16.2. The molecule has 1 unspecified atom stereocenters. The maximum Gasteiger partial charge on any atom is 0.233 e. The number of hydrogen-bond acceptors (Lipinski definition) is 3. The minimum atomic E-state index is 0.0328. The first-order chi connectivity index (χ1) is 7.13. The molecule has 1 atom stereocenters. The molecule has 4 nitrogen and oxygen atoms in total. The fraction of sp³-hybridized carbons (Fsp3) is 0.818. The van der Waals surface area contributed by atoms with Crippen molar-refractivity contribution in [1.29, 1.82) is 0 Å². The number of likely N-dealkylation sites (tertiary alicyclic amines) is 1. The second-order valence-corrected chi connectivity index (χ2v) is 4.20. The molecular formula is C11H20N2O2. The number of nitrogens with one attached hydrogen (secondary N) is 1. The van der Waals surface area contributed by atoms with E-state index in [-0.39, 0.29) is 17.7 Å². The van der Waals surface area contributed by atoms with Crippen molar-refractivity contribution in [3.63, 3.8) is 0 Å². The lowest BCUT2D eigenvalue weighted by molar-refractivity contribution is -0.124. The molecular weight excluding hydrogens is 192 g/mol. The molecule has 1 aliphatic heterocycles. The molecule has 1 N–H and O–H groups in total. The van der Waals surface area contributed by atoms with Crippen LogP contribution in [0.2, 0.25) is 0 Å². The van der Waals surface area contributed by atoms with Crippen LogP contribution < -0.4 is 5.32 Å². The van der Waals surface area contributed by atoms with Crippen LogP contribution in [0.3, 0.4) is 0 Å². The van der Waals surface area contributed by atoms with Crippen molar-refractivity contribution >= 4 is 11.7 Å². The molecule has 1 heterocycles. The van der Waals surface area contributed by atoms with Gasteiger partial charge < -0.3 is 5.32 Å². The summed E-state index contributed by atoms with van der Waals surface area (Å²) >= 11 is 0. The molecule has 1 aliphatic rings. The highest BCUT2D eigenvalue weighted by Crippen LogP contribution is 2.19. The van der Waals surface area contributed by atoms with Crippen LogP contribution in [-0.4, -0.2) is 42.8 Å². The lowest BCUT2D eigenvalue weighted by Crippen LogP contribution is -2.45. The summed E-state index contributed by atoms with van der Waals surface area (Å²) in [6.45, 7) is 2.98. The van der Waals surface area contributed by atoms with Crippen LogP contribution in [0.25, 0.3) is 0 Å². The van der Waals surface area contributed by atoms with Gasteiger partial charge in [0.05, 0.1) is 6.54 Å². The Morgan fingerprint density at radius 2 is 2.13 bits per heavy atom. The van der Waals surface area contributed by atoms with Gasteiger partial charge >= 0.3 is 0 Å². The van der Waals surface area contributed by atoms with Gasteiger partial charge in [-0.15, -0.1) is 0 Å². The second-order valence-electron chi connectivity index (χ2n) is 4.20. The summed E-state index contributed by atoms with van der Waals surface area (Å²) in [6.07, 6.45) is 3.92. The van der Waals surface area contributed by atoms with Crippen molar-refractivity contribution in [2.45, 2.75) is 38.6 Å². The molecule has 1 fully saturated rings. The van der Waals surface area contributed by atoms with Gasteiger partial charge in [0.25, 0.3) is 0 Å². The molecule has 1 saturated heterocycles. The zero-order valence-electron chi connectivity index (χ0n) is 9.58. The third kappa shape index (κ3) is 4.00. The molecule has 15 heavy (non-hydrogen) atoms. The first kappa shape index (κ1) is 12.2. The van der Waals surface area contributed by atoms with E-state index in [1.807, 2.05) is 0 Å². The summed E-state index contributed by atoms with van der Waals surface area (Å²) < 4.78 is 0. The highest BCUT2D eigenvalue weighted by molar-refractivity contribution is 5.78. The van der Waals surface area contributed by atoms with Crippen molar-refractivity contribution in [2.24, 2.45) is 0 Å². The number of ketones is 1. The molecule has 1 rings (SSSR count). The quantitative estimate of drug-likeness (QED) is 0.741. The Hall–Kier alpha value is -0.900. The van der Waals surface area contributed by atoms with Crippen molar-refractivity contribution in [2.75, 3.05) is 20.1 Å². The van der Waals surface area contributed by atoms with Crippen LogP contribution in [0, 0.1) is 0 Å². The SMILES string of the molecule is CNC(=O)CN1CCCCC1CC(C)=O. The van der Waals surface area contributed by atoms with Gasteiger partial charge in [0.15, 0.2) is 0 Å². The number of piperidine rings is 1. The molecule has 0 aliphatic carbocycles. The number of hydrogen-bond donors (Lipinski definition) is 1. The van der Waals surface area contributed by atoms with E-state index in [1.54, 1.807) is 14.0 Å². The molecule has 0 saturated carbocycles. The van der Waals surface area contributed by atoms with E-state index in [2.05, 4.69) is 10.2 Å². The van der Waals surface area contributed by atoms with Crippen molar-refractivity contribution in [1.82, 2.24) is 10.2 Å². The van der Waals surface area contributed by atoms with Crippen LogP contribution in [0.4, 0.5) is 0 Å². The Bertz CT molecular complexity index is 241. The smallest absolute Gasteiger partial charge is 0.233 e. The average molecular weight is 212 g/mol. The van der Waals surface area contributed by atoms with Gasteiger partial charge in [-0.25, -0.2) is 0 Å². The van der Waals surface area contributed by atoms with E-state index in [4.69, 9.17) is 0 Å². The Balaban J connectivity index is 2.49. The van der Waals surface area contributed by atoms with Crippen LogP contribution in [0.1, 0.15) is 32.6 Å². The summed E-state index contributed by atoms with van der Waals surface area (Å²) in [5, 5.41) is 2.62. The number of Topliss-reactive ketones (excluding diaryl/α,β-unsaturated/α-hetero) is 1. The summed E-state index contributed by atoms with van der Waals surface area (Å²) in [5.41, 5.74) is 0. The molecule has 0 aromatic carbocycles. The van der Waals surface area contributed by atoms with Gasteiger partial charge in [-0.05, 0) is 26.3 Å². The molecule has 0 aromatic heterocycles. The van der Waals surface area contributed by atoms with Crippen molar-refractivity contribution in [3.8, 4) is 0 Å². The van der Waals surface area contributed by atoms with Gasteiger partial charge in [-0.1, -0.05) is 6.42 Å². The molecule has 0 aromatic rings. The molecule has 4 heteroatoms. The maximum atomic E-state index is 11.3. The summed E-state index contributed by atoms with van der Waals surface area (Å²) in [4.78, 5) is 24.5. The summed E-state index contributed by atoms with van der Waals surface area (Å²) in [5.74, 6) is 0.245. The predicted octanol–water partition coefficient (Wildman–Crippen LogP) is 0.566. The standard InChI is InChI=1S/C11H20N2O2/c1-9(14)7-10-5-3-4-6-13(10)8-11(15)12-2/h10H,3-8H2,1-2H3,(H,12,15). The average Bonchev–Trinajstić information content (AvgIpc) is 2.20. The van der Waals surface area contributed by atoms with E-state index in [0.29, 0.717) is 13.0 Å². The van der Waals surface area contributed by atoms with Crippen LogP contribution >= 0.6 is 0 Å². The molecule has 1 amide bonds. The van der Waals surface area contributed by atoms with Gasteiger partial charge in [-0.2, -0.15) is 0 Å². The Labute approximate surface area is 91.0 Å². The van der Waals surface area contributed by atoms with Crippen molar-refractivity contribution in [3.05, 3.63) is 0 Å². The largest absolute Gasteiger partial charge is 0.358 e. The molecule has 0 radical (unpaired) electrons. The van der Waals surface area contributed by atoms with Gasteiger partial charge in [0.2, 0.25) is 5.91 Å². The fourth-order valence-corrected chi connectivity index (χ4v) is 2.09. The number of likely N-dealkylation sites (N-methyl/N-ethyl adjacent to an activating group) is 1. The fourth-order valence-electron chi connectivity index (χ4n) is 2.09. The van der Waals surface area contributed by atoms with E-state index >= 15 is 0 Å². The summed E-state index contributed by atoms with van der Waals surface area (Å²) in [6, 6.07) is 0.272. The lowest BCUT2D eigenvalue weighted by atomic mass is 9.98. The Morgan fingerprint density at radius 1 is 1.40 bits per heavy atom. The number of carbonyl (C=O) groups excluding carboxylic acids is 2. The van der Waals surface area contributed by atoms with Crippen molar-refractivity contribution < 1.29 is 9.59 Å². The maximum absolute atomic E-state index is 11.3. The van der Waals surface area contributed by atoms with Gasteiger partial charge in [0.1, 0.15) is 5.78 Å². The molecule has 86 valence electrons. The number of rotatable bonds is 4. The van der Waals surface area contributed by atoms with E-state index < -0.39 is 0 Å². The normalized spacial score (nSPS) is 22.4. The summed E-state index contributed by atoms with van der Waals surface area (Å²) in [7, 11) is 1.65. The zero-order chi connectivity index (χ0) is 11.3.